The largest absolute Gasteiger partial charge is 0.392 e. The summed E-state index contributed by atoms with van der Waals surface area (Å²) in [6, 6.07) is 21.3. The van der Waals surface area contributed by atoms with Crippen LogP contribution in [0.1, 0.15) is 17.5 Å². The summed E-state index contributed by atoms with van der Waals surface area (Å²) in [5.74, 6) is 0.506. The average Bonchev–Trinajstić information content (AvgIpc) is 2.57. The van der Waals surface area contributed by atoms with E-state index in [0.29, 0.717) is 5.92 Å². The Labute approximate surface area is 139 Å². The third-order valence-electron chi connectivity index (χ3n) is 4.43. The minimum atomic E-state index is -0.205. The minimum absolute atomic E-state index is 0.205. The van der Waals surface area contributed by atoms with E-state index in [1.54, 1.807) is 0 Å². The smallest absolute Gasteiger partial charge is 0.0668 e. The summed E-state index contributed by atoms with van der Waals surface area (Å²) in [6.45, 7) is 4.63. The Morgan fingerprint density at radius 2 is 1.43 bits per heavy atom. The van der Waals surface area contributed by atoms with E-state index in [0.717, 1.165) is 39.1 Å². The Balaban J connectivity index is 1.67. The number of aliphatic hydroxyl groups excluding tert-OH is 1. The number of piperidine rings is 1. The van der Waals surface area contributed by atoms with Gasteiger partial charge in [-0.05, 0) is 30.0 Å². The molecule has 1 saturated heterocycles. The molecule has 122 valence electrons. The van der Waals surface area contributed by atoms with Gasteiger partial charge in [0.05, 0.1) is 6.10 Å². The summed E-state index contributed by atoms with van der Waals surface area (Å²) in [4.78, 5) is 2.50. The van der Waals surface area contributed by atoms with Gasteiger partial charge in [-0.15, -0.1) is 0 Å². The molecule has 0 spiro atoms. The normalized spacial score (nSPS) is 21.5. The zero-order valence-electron chi connectivity index (χ0n) is 13.6. The first-order chi connectivity index (χ1) is 11.3. The number of hydrogen-bond donors (Lipinski definition) is 2. The van der Waals surface area contributed by atoms with Crippen LogP contribution in [0, 0.1) is 5.92 Å². The molecule has 2 aromatic carbocycles. The summed E-state index contributed by atoms with van der Waals surface area (Å²) in [6.07, 6.45) is 0.691. The standard InChI is InChI=1S/C20H26N2O/c23-20-11-19(12-21-13-20)16-22(14-17-7-3-1-4-8-17)15-18-9-5-2-6-10-18/h1-10,19-21,23H,11-16H2. The van der Waals surface area contributed by atoms with Gasteiger partial charge in [-0.2, -0.15) is 0 Å². The average molecular weight is 310 g/mol. The highest BCUT2D eigenvalue weighted by molar-refractivity contribution is 5.17. The van der Waals surface area contributed by atoms with E-state index in [2.05, 4.69) is 70.9 Å². The van der Waals surface area contributed by atoms with Crippen molar-refractivity contribution < 1.29 is 5.11 Å². The second kappa shape index (κ2) is 8.25. The summed E-state index contributed by atoms with van der Waals surface area (Å²) in [7, 11) is 0. The number of hydrogen-bond acceptors (Lipinski definition) is 3. The third kappa shape index (κ3) is 5.17. The molecule has 23 heavy (non-hydrogen) atoms. The maximum atomic E-state index is 9.89. The maximum Gasteiger partial charge on any atom is 0.0668 e. The predicted octanol–water partition coefficient (Wildman–Crippen LogP) is 2.66. The minimum Gasteiger partial charge on any atom is -0.392 e. The first-order valence-electron chi connectivity index (χ1n) is 8.48. The van der Waals surface area contributed by atoms with Crippen LogP contribution in [0.2, 0.25) is 0 Å². The quantitative estimate of drug-likeness (QED) is 0.861. The van der Waals surface area contributed by atoms with Gasteiger partial charge >= 0.3 is 0 Å². The number of rotatable bonds is 6. The van der Waals surface area contributed by atoms with E-state index >= 15 is 0 Å². The highest BCUT2D eigenvalue weighted by atomic mass is 16.3. The fourth-order valence-electron chi connectivity index (χ4n) is 3.38. The van der Waals surface area contributed by atoms with Crippen molar-refractivity contribution in [2.75, 3.05) is 19.6 Å². The number of nitrogens with one attached hydrogen (secondary N) is 1. The van der Waals surface area contributed by atoms with E-state index in [1.807, 2.05) is 0 Å². The van der Waals surface area contributed by atoms with Gasteiger partial charge in [0.2, 0.25) is 0 Å². The maximum absolute atomic E-state index is 9.89. The first kappa shape index (κ1) is 16.2. The highest BCUT2D eigenvalue weighted by Gasteiger charge is 2.22. The molecule has 0 bridgehead atoms. The van der Waals surface area contributed by atoms with Crippen molar-refractivity contribution >= 4 is 0 Å². The Hall–Kier alpha value is -1.68. The second-order valence-electron chi connectivity index (χ2n) is 6.55. The van der Waals surface area contributed by atoms with Crippen LogP contribution in [0.5, 0.6) is 0 Å². The molecule has 3 nitrogen and oxygen atoms in total. The molecule has 1 heterocycles. The number of aliphatic hydroxyl groups is 1. The number of benzene rings is 2. The molecule has 2 aromatic rings. The fourth-order valence-corrected chi connectivity index (χ4v) is 3.38. The molecule has 0 aromatic heterocycles. The van der Waals surface area contributed by atoms with E-state index < -0.39 is 0 Å². The van der Waals surface area contributed by atoms with Gasteiger partial charge in [-0.3, -0.25) is 4.90 Å². The first-order valence-corrected chi connectivity index (χ1v) is 8.48. The third-order valence-corrected chi connectivity index (χ3v) is 4.43. The summed E-state index contributed by atoms with van der Waals surface area (Å²) in [5, 5.41) is 13.2. The van der Waals surface area contributed by atoms with E-state index in [1.165, 1.54) is 11.1 Å². The van der Waals surface area contributed by atoms with Crippen molar-refractivity contribution in [3.05, 3.63) is 71.8 Å². The molecule has 2 atom stereocenters. The van der Waals surface area contributed by atoms with Gasteiger partial charge in [0.15, 0.2) is 0 Å². The lowest BCUT2D eigenvalue weighted by atomic mass is 9.96. The SMILES string of the molecule is OC1CNCC(CN(Cc2ccccc2)Cc2ccccc2)C1. The van der Waals surface area contributed by atoms with Crippen molar-refractivity contribution in [1.29, 1.82) is 0 Å². The molecule has 3 heteroatoms. The van der Waals surface area contributed by atoms with Crippen LogP contribution in [0.25, 0.3) is 0 Å². The van der Waals surface area contributed by atoms with Crippen molar-refractivity contribution in [1.82, 2.24) is 10.2 Å². The van der Waals surface area contributed by atoms with Gasteiger partial charge in [0.25, 0.3) is 0 Å². The highest BCUT2D eigenvalue weighted by Crippen LogP contribution is 2.17. The van der Waals surface area contributed by atoms with Gasteiger partial charge in [-0.25, -0.2) is 0 Å². The lowest BCUT2D eigenvalue weighted by Crippen LogP contribution is -2.43. The zero-order valence-corrected chi connectivity index (χ0v) is 13.6. The monoisotopic (exact) mass is 310 g/mol. The molecule has 0 saturated carbocycles. The van der Waals surface area contributed by atoms with Gasteiger partial charge in [-0.1, -0.05) is 60.7 Å². The zero-order chi connectivity index (χ0) is 15.9. The van der Waals surface area contributed by atoms with Crippen LogP contribution in [0.15, 0.2) is 60.7 Å². The molecular weight excluding hydrogens is 284 g/mol. The Morgan fingerprint density at radius 1 is 0.870 bits per heavy atom. The molecular formula is C20H26N2O. The van der Waals surface area contributed by atoms with E-state index in [9.17, 15) is 5.11 Å². The molecule has 2 unspecified atom stereocenters. The molecule has 1 aliphatic heterocycles. The lowest BCUT2D eigenvalue weighted by molar-refractivity contribution is 0.0925. The fraction of sp³-hybridized carbons (Fsp3) is 0.400. The van der Waals surface area contributed by atoms with Crippen LogP contribution in [-0.4, -0.2) is 35.7 Å². The summed E-state index contributed by atoms with van der Waals surface area (Å²) >= 11 is 0. The molecule has 1 aliphatic rings. The Bertz CT molecular complexity index is 531. The summed E-state index contributed by atoms with van der Waals surface area (Å²) < 4.78 is 0. The predicted molar refractivity (Wildman–Crippen MR) is 94.0 cm³/mol. The van der Waals surface area contributed by atoms with Crippen molar-refractivity contribution in [3.8, 4) is 0 Å². The molecule has 0 amide bonds. The van der Waals surface area contributed by atoms with E-state index in [4.69, 9.17) is 0 Å². The van der Waals surface area contributed by atoms with Gasteiger partial charge < -0.3 is 10.4 Å². The molecule has 0 radical (unpaired) electrons. The Morgan fingerprint density at radius 3 is 1.96 bits per heavy atom. The van der Waals surface area contributed by atoms with Crippen molar-refractivity contribution in [2.45, 2.75) is 25.6 Å². The van der Waals surface area contributed by atoms with Crippen molar-refractivity contribution in [2.24, 2.45) is 5.92 Å². The van der Waals surface area contributed by atoms with Crippen LogP contribution in [0.4, 0.5) is 0 Å². The second-order valence-corrected chi connectivity index (χ2v) is 6.55. The molecule has 2 N–H and O–H groups in total. The summed E-state index contributed by atoms with van der Waals surface area (Å²) in [5.41, 5.74) is 2.68. The van der Waals surface area contributed by atoms with Crippen molar-refractivity contribution in [3.63, 3.8) is 0 Å². The number of β-amino-alcohol motifs (C(OH)–C–C–N with tert-alkyl or cyclic N) is 1. The molecule has 1 fully saturated rings. The van der Waals surface area contributed by atoms with Crippen LogP contribution < -0.4 is 5.32 Å². The van der Waals surface area contributed by atoms with Gasteiger partial charge in [0, 0.05) is 26.2 Å². The van der Waals surface area contributed by atoms with Gasteiger partial charge in [0.1, 0.15) is 0 Å². The van der Waals surface area contributed by atoms with Crippen LogP contribution in [-0.2, 0) is 13.1 Å². The van der Waals surface area contributed by atoms with Crippen LogP contribution in [0.3, 0.4) is 0 Å². The van der Waals surface area contributed by atoms with E-state index in [-0.39, 0.29) is 6.10 Å². The Kier molecular flexibility index (Phi) is 5.81. The molecule has 3 rings (SSSR count). The van der Waals surface area contributed by atoms with Crippen LogP contribution >= 0.6 is 0 Å². The lowest BCUT2D eigenvalue weighted by Gasteiger charge is -2.32. The number of nitrogens with zero attached hydrogens (tertiary/aromatic N) is 1. The topological polar surface area (TPSA) is 35.5 Å². The molecule has 0 aliphatic carbocycles.